The molecule has 1 aromatic rings. The maximum Gasteiger partial charge on any atom is 0.117 e. The fraction of sp³-hybridized carbons (Fsp3) is 0.714. The van der Waals surface area contributed by atoms with Crippen LogP contribution in [0, 0.1) is 12.8 Å². The lowest BCUT2D eigenvalue weighted by Crippen LogP contribution is -2.41. The molecule has 0 aromatic carbocycles. The average molecular weight is 254 g/mol. The van der Waals surface area contributed by atoms with Crippen molar-refractivity contribution in [2.24, 2.45) is 5.92 Å². The summed E-state index contributed by atoms with van der Waals surface area (Å²) < 4.78 is 5.71. The fourth-order valence-corrected chi connectivity index (χ4v) is 3.67. The summed E-state index contributed by atoms with van der Waals surface area (Å²) in [7, 11) is 1.74. The Kier molecular flexibility index (Phi) is 3.91. The van der Waals surface area contributed by atoms with E-state index < -0.39 is 6.10 Å². The number of aliphatic hydroxyl groups excluding tert-OH is 1. The summed E-state index contributed by atoms with van der Waals surface area (Å²) in [6.07, 6.45) is 3.74. The minimum absolute atomic E-state index is 0.357. The van der Waals surface area contributed by atoms with Crippen LogP contribution in [0.1, 0.15) is 48.5 Å². The maximum atomic E-state index is 10.6. The quantitative estimate of drug-likeness (QED) is 0.891. The molecule has 0 aliphatic heterocycles. The molecule has 1 N–H and O–H groups in total. The van der Waals surface area contributed by atoms with Crippen molar-refractivity contribution in [3.8, 4) is 0 Å². The second kappa shape index (κ2) is 5.09. The molecule has 0 amide bonds. The van der Waals surface area contributed by atoms with E-state index in [1.54, 1.807) is 18.4 Å². The van der Waals surface area contributed by atoms with Gasteiger partial charge in [0.25, 0.3) is 0 Å². The Morgan fingerprint density at radius 1 is 1.41 bits per heavy atom. The zero-order chi connectivity index (χ0) is 12.5. The van der Waals surface area contributed by atoms with Crippen molar-refractivity contribution < 1.29 is 9.84 Å². The van der Waals surface area contributed by atoms with E-state index >= 15 is 0 Å². The van der Waals surface area contributed by atoms with Crippen molar-refractivity contribution in [3.63, 3.8) is 0 Å². The minimum atomic E-state index is -0.473. The topological polar surface area (TPSA) is 29.5 Å². The standard InChI is InChI=1S/C14H22O2S/c1-10-6-8-14(16-3,9-7-10)13(15)12-5-4-11(2)17-12/h4-5,10,13,15H,6-9H2,1-3H3. The second-order valence-electron chi connectivity index (χ2n) is 5.30. The van der Waals surface area contributed by atoms with E-state index in [-0.39, 0.29) is 5.60 Å². The largest absolute Gasteiger partial charge is 0.385 e. The number of aryl methyl sites for hydroxylation is 1. The third-order valence-electron chi connectivity index (χ3n) is 4.06. The SMILES string of the molecule is COC1(C(O)c2ccc(C)s2)CCC(C)CC1. The summed E-state index contributed by atoms with van der Waals surface area (Å²) in [4.78, 5) is 2.29. The molecule has 0 radical (unpaired) electrons. The summed E-state index contributed by atoms with van der Waals surface area (Å²) in [6, 6.07) is 4.10. The molecule has 0 bridgehead atoms. The highest BCUT2D eigenvalue weighted by Crippen LogP contribution is 2.44. The summed E-state index contributed by atoms with van der Waals surface area (Å²) in [5.74, 6) is 0.760. The van der Waals surface area contributed by atoms with Gasteiger partial charge >= 0.3 is 0 Å². The highest BCUT2D eigenvalue weighted by molar-refractivity contribution is 7.12. The normalized spacial score (nSPS) is 31.4. The van der Waals surface area contributed by atoms with E-state index in [0.29, 0.717) is 0 Å². The second-order valence-corrected chi connectivity index (χ2v) is 6.62. The van der Waals surface area contributed by atoms with Gasteiger partial charge in [0.05, 0.1) is 5.60 Å². The highest BCUT2D eigenvalue weighted by Gasteiger charge is 2.42. The van der Waals surface area contributed by atoms with Crippen LogP contribution in [0.5, 0.6) is 0 Å². The predicted molar refractivity (Wildman–Crippen MR) is 71.4 cm³/mol. The summed E-state index contributed by atoms with van der Waals surface area (Å²) in [5, 5.41) is 10.6. The van der Waals surface area contributed by atoms with Gasteiger partial charge in [-0.1, -0.05) is 6.92 Å². The van der Waals surface area contributed by atoms with Crippen molar-refractivity contribution in [1.82, 2.24) is 0 Å². The molecule has 1 atom stereocenters. The first kappa shape index (κ1) is 13.1. The Hall–Kier alpha value is -0.380. The zero-order valence-corrected chi connectivity index (χ0v) is 11.7. The van der Waals surface area contributed by atoms with Crippen LogP contribution in [-0.4, -0.2) is 17.8 Å². The third-order valence-corrected chi connectivity index (χ3v) is 5.11. The molecule has 2 nitrogen and oxygen atoms in total. The Morgan fingerprint density at radius 3 is 2.53 bits per heavy atom. The summed E-state index contributed by atoms with van der Waals surface area (Å²) >= 11 is 1.67. The molecule has 1 aromatic heterocycles. The molecule has 1 aliphatic carbocycles. The number of rotatable bonds is 3. The van der Waals surface area contributed by atoms with Gasteiger partial charge in [-0.25, -0.2) is 0 Å². The third kappa shape index (κ3) is 2.56. The molecule has 96 valence electrons. The van der Waals surface area contributed by atoms with Crippen molar-refractivity contribution in [3.05, 3.63) is 21.9 Å². The monoisotopic (exact) mass is 254 g/mol. The summed E-state index contributed by atoms with van der Waals surface area (Å²) in [6.45, 7) is 4.35. The number of aliphatic hydroxyl groups is 1. The van der Waals surface area contributed by atoms with Gasteiger partial charge in [0, 0.05) is 16.9 Å². The van der Waals surface area contributed by atoms with Gasteiger partial charge in [0.15, 0.2) is 0 Å². The molecule has 1 fully saturated rings. The number of hydrogen-bond acceptors (Lipinski definition) is 3. The predicted octanol–water partition coefficient (Wildman–Crippen LogP) is 3.69. The van der Waals surface area contributed by atoms with Crippen molar-refractivity contribution >= 4 is 11.3 Å². The van der Waals surface area contributed by atoms with Crippen molar-refractivity contribution in [2.75, 3.05) is 7.11 Å². The van der Waals surface area contributed by atoms with Crippen LogP contribution in [0.2, 0.25) is 0 Å². The van der Waals surface area contributed by atoms with Crippen LogP contribution >= 0.6 is 11.3 Å². The van der Waals surface area contributed by atoms with Crippen LogP contribution in [-0.2, 0) is 4.74 Å². The van der Waals surface area contributed by atoms with Gasteiger partial charge in [0.2, 0.25) is 0 Å². The first-order valence-electron chi connectivity index (χ1n) is 6.37. The van der Waals surface area contributed by atoms with Crippen LogP contribution in [0.3, 0.4) is 0 Å². The van der Waals surface area contributed by atoms with E-state index in [9.17, 15) is 5.11 Å². The smallest absolute Gasteiger partial charge is 0.117 e. The van der Waals surface area contributed by atoms with E-state index in [2.05, 4.69) is 19.9 Å². The molecule has 0 saturated heterocycles. The molecule has 0 spiro atoms. The van der Waals surface area contributed by atoms with Gasteiger partial charge in [-0.2, -0.15) is 0 Å². The lowest BCUT2D eigenvalue weighted by molar-refractivity contribution is -0.129. The van der Waals surface area contributed by atoms with Crippen LogP contribution in [0.4, 0.5) is 0 Å². The van der Waals surface area contributed by atoms with Gasteiger partial charge in [-0.3, -0.25) is 0 Å². The Bertz CT molecular complexity index is 364. The Balaban J connectivity index is 2.17. The fourth-order valence-electron chi connectivity index (χ4n) is 2.70. The molecular weight excluding hydrogens is 232 g/mol. The average Bonchev–Trinajstić information content (AvgIpc) is 2.76. The Morgan fingerprint density at radius 2 is 2.06 bits per heavy atom. The lowest BCUT2D eigenvalue weighted by Gasteiger charge is -2.41. The molecule has 3 heteroatoms. The van der Waals surface area contributed by atoms with Gasteiger partial charge < -0.3 is 9.84 Å². The number of thiophene rings is 1. The van der Waals surface area contributed by atoms with E-state index in [1.807, 2.05) is 6.07 Å². The van der Waals surface area contributed by atoms with E-state index in [0.717, 1.165) is 36.5 Å². The van der Waals surface area contributed by atoms with Gasteiger partial charge in [-0.05, 0) is 50.7 Å². The molecule has 1 aliphatic rings. The van der Waals surface area contributed by atoms with Crippen LogP contribution < -0.4 is 0 Å². The van der Waals surface area contributed by atoms with Crippen LogP contribution in [0.15, 0.2) is 12.1 Å². The molecule has 1 unspecified atom stereocenters. The molecule has 1 heterocycles. The number of methoxy groups -OCH3 is 1. The lowest BCUT2D eigenvalue weighted by atomic mass is 9.76. The molecule has 2 rings (SSSR count). The number of ether oxygens (including phenoxy) is 1. The van der Waals surface area contributed by atoms with Gasteiger partial charge in [-0.15, -0.1) is 11.3 Å². The maximum absolute atomic E-state index is 10.6. The minimum Gasteiger partial charge on any atom is -0.385 e. The molecule has 1 saturated carbocycles. The number of hydrogen-bond donors (Lipinski definition) is 1. The first-order valence-corrected chi connectivity index (χ1v) is 7.18. The zero-order valence-electron chi connectivity index (χ0n) is 10.9. The van der Waals surface area contributed by atoms with E-state index in [4.69, 9.17) is 4.74 Å². The van der Waals surface area contributed by atoms with Crippen molar-refractivity contribution in [1.29, 1.82) is 0 Å². The van der Waals surface area contributed by atoms with Gasteiger partial charge in [0.1, 0.15) is 6.10 Å². The first-order chi connectivity index (χ1) is 8.07. The van der Waals surface area contributed by atoms with Crippen LogP contribution in [0.25, 0.3) is 0 Å². The Labute approximate surface area is 108 Å². The highest BCUT2D eigenvalue weighted by atomic mass is 32.1. The summed E-state index contributed by atoms with van der Waals surface area (Å²) in [5.41, 5.74) is -0.357. The molecule has 17 heavy (non-hydrogen) atoms. The molecular formula is C14H22O2S. The van der Waals surface area contributed by atoms with Crippen molar-refractivity contribution in [2.45, 2.75) is 51.2 Å². The van der Waals surface area contributed by atoms with E-state index in [1.165, 1.54) is 4.88 Å².